The maximum atomic E-state index is 14.2. The summed E-state index contributed by atoms with van der Waals surface area (Å²) in [6, 6.07) is 0. The smallest absolute Gasteiger partial charge is 0.384 e. The number of rotatable bonds is 26. The molecule has 0 fully saturated rings. The SMILES string of the molecule is CCCCCC(F)(F)C(F)(F)C(F)(F)C(F)(F)C(F)(F)C(F)(F)COC(=O)CC(C(=O)OCC(F)(F)C(F)(F)C(F)(F)C(F)(F)C(F)(F)C(F)(F)CCCCC)S(=O)(=O)O. The van der Waals surface area contributed by atoms with Crippen LogP contribution in [0.1, 0.15) is 71.6 Å². The fourth-order valence-corrected chi connectivity index (χ4v) is 5.00. The summed E-state index contributed by atoms with van der Waals surface area (Å²) in [6.07, 6.45) is -11.0. The summed E-state index contributed by atoms with van der Waals surface area (Å²) in [6.45, 7) is -5.29. The van der Waals surface area contributed by atoms with Crippen LogP contribution in [0.3, 0.4) is 0 Å². The van der Waals surface area contributed by atoms with E-state index in [2.05, 4.69) is 9.47 Å². The van der Waals surface area contributed by atoms with Gasteiger partial charge in [-0.1, -0.05) is 39.5 Å². The molecule has 0 aliphatic carbocycles. The highest BCUT2D eigenvalue weighted by Crippen LogP contribution is 2.62. The van der Waals surface area contributed by atoms with Crippen LogP contribution < -0.4 is 0 Å². The Morgan fingerprint density at radius 2 is 0.717 bits per heavy atom. The Hall–Kier alpha value is -2.83. The van der Waals surface area contributed by atoms with Crippen LogP contribution in [-0.4, -0.2) is 114 Å². The second kappa shape index (κ2) is 18.1. The summed E-state index contributed by atoms with van der Waals surface area (Å²) in [5.41, 5.74) is 0. The summed E-state index contributed by atoms with van der Waals surface area (Å²) in [5, 5.41) is -4.11. The molecule has 1 atom stereocenters. The molecule has 0 saturated carbocycles. The second-order valence-corrected chi connectivity index (χ2v) is 14.4. The van der Waals surface area contributed by atoms with Gasteiger partial charge in [0.25, 0.3) is 10.1 Å². The lowest BCUT2D eigenvalue weighted by molar-refractivity contribution is -0.427. The first-order valence-corrected chi connectivity index (χ1v) is 17.6. The fourth-order valence-electron chi connectivity index (χ4n) is 4.34. The van der Waals surface area contributed by atoms with Crippen LogP contribution in [0.5, 0.6) is 0 Å². The number of alkyl halides is 24. The molecule has 0 radical (unpaired) electrons. The molecule has 0 bridgehead atoms. The van der Waals surface area contributed by atoms with Crippen molar-refractivity contribution in [1.29, 1.82) is 0 Å². The van der Waals surface area contributed by atoms with E-state index >= 15 is 0 Å². The molecule has 0 rings (SSSR count). The van der Waals surface area contributed by atoms with Gasteiger partial charge in [0.05, 0.1) is 6.42 Å². The predicted octanol–water partition coefficient (Wildman–Crippen LogP) is 10.5. The van der Waals surface area contributed by atoms with Gasteiger partial charge in [0, 0.05) is 12.8 Å². The van der Waals surface area contributed by atoms with E-state index in [9.17, 15) is 123 Å². The third-order valence-electron chi connectivity index (χ3n) is 8.18. The quantitative estimate of drug-likeness (QED) is 0.0398. The van der Waals surface area contributed by atoms with Crippen molar-refractivity contribution in [1.82, 2.24) is 0 Å². The first-order valence-electron chi connectivity index (χ1n) is 16.1. The Morgan fingerprint density at radius 3 is 0.983 bits per heavy atom. The number of ether oxygens (including phenoxy) is 2. The molecule has 358 valence electrons. The summed E-state index contributed by atoms with van der Waals surface area (Å²) >= 11 is 0. The zero-order valence-corrected chi connectivity index (χ0v) is 30.5. The molecule has 0 aliphatic rings. The zero-order valence-electron chi connectivity index (χ0n) is 29.7. The van der Waals surface area contributed by atoms with Gasteiger partial charge in [-0.25, -0.2) is 0 Å². The van der Waals surface area contributed by atoms with E-state index in [1.807, 2.05) is 0 Å². The van der Waals surface area contributed by atoms with Crippen molar-refractivity contribution in [2.75, 3.05) is 13.2 Å². The van der Waals surface area contributed by atoms with E-state index < -0.39 is 157 Å². The average molecular weight is 967 g/mol. The molecule has 0 aromatic rings. The highest BCUT2D eigenvalue weighted by Gasteiger charge is 2.91. The van der Waals surface area contributed by atoms with Crippen molar-refractivity contribution in [2.45, 2.75) is 148 Å². The van der Waals surface area contributed by atoms with E-state index in [1.165, 1.54) is 13.8 Å². The molecule has 0 spiro atoms. The van der Waals surface area contributed by atoms with Crippen LogP contribution in [-0.2, 0) is 29.2 Å². The number of hydrogen-bond acceptors (Lipinski definition) is 6. The van der Waals surface area contributed by atoms with Gasteiger partial charge in [-0.2, -0.15) is 114 Å². The summed E-state index contributed by atoms with van der Waals surface area (Å²) in [7, 11) is -6.59. The molecule has 7 nitrogen and oxygen atoms in total. The number of halogens is 24. The molecule has 32 heteroatoms. The maximum absolute atomic E-state index is 14.2. The minimum absolute atomic E-state index is 0.0952. The first kappa shape index (κ1) is 57.2. The standard InChI is InChI=1S/C28H30F24O7S/c1-3-5-7-9-17(29,30)21(37,38)25(45,46)27(49,50)23(41,42)19(33,34)12-58-15(53)11-14(60(55,56)57)16(54)59-13-20(35,36)24(43,44)28(51,52)26(47,48)22(39,40)18(31,32)10-8-6-4-2/h14H,3-13H2,1-2H3,(H,55,56,57). The molecule has 1 N–H and O–H groups in total. The molecule has 0 aromatic carbocycles. The van der Waals surface area contributed by atoms with Gasteiger partial charge in [0.1, 0.15) is 0 Å². The number of esters is 2. The highest BCUT2D eigenvalue weighted by atomic mass is 32.2. The van der Waals surface area contributed by atoms with Crippen LogP contribution in [0.4, 0.5) is 105 Å². The molecule has 0 aromatic heterocycles. The Kier molecular flexibility index (Phi) is 17.3. The Morgan fingerprint density at radius 1 is 0.450 bits per heavy atom. The Bertz CT molecular complexity index is 1580. The topological polar surface area (TPSA) is 107 Å². The lowest BCUT2D eigenvalue weighted by Crippen LogP contribution is -2.71. The van der Waals surface area contributed by atoms with Crippen LogP contribution in [0, 0.1) is 0 Å². The van der Waals surface area contributed by atoms with Crippen LogP contribution in [0.15, 0.2) is 0 Å². The van der Waals surface area contributed by atoms with Crippen molar-refractivity contribution in [3.05, 3.63) is 0 Å². The van der Waals surface area contributed by atoms with E-state index in [0.29, 0.717) is 0 Å². The Labute approximate surface area is 321 Å². The monoisotopic (exact) mass is 966 g/mol. The number of carbonyl (C=O) groups is 2. The molecule has 0 saturated heterocycles. The van der Waals surface area contributed by atoms with E-state index in [1.54, 1.807) is 0 Å². The van der Waals surface area contributed by atoms with E-state index in [0.717, 1.165) is 0 Å². The minimum atomic E-state index is -8.26. The average Bonchev–Trinajstić information content (AvgIpc) is 3.07. The fraction of sp³-hybridized carbons (Fsp3) is 0.929. The second-order valence-electron chi connectivity index (χ2n) is 12.8. The summed E-state index contributed by atoms with van der Waals surface area (Å²) < 4.78 is 375. The van der Waals surface area contributed by atoms with Crippen molar-refractivity contribution >= 4 is 22.1 Å². The predicted molar refractivity (Wildman–Crippen MR) is 150 cm³/mol. The third-order valence-corrected chi connectivity index (χ3v) is 9.25. The molecule has 0 aliphatic heterocycles. The molecule has 0 amide bonds. The van der Waals surface area contributed by atoms with Crippen molar-refractivity contribution in [3.63, 3.8) is 0 Å². The van der Waals surface area contributed by atoms with E-state index in [-0.39, 0.29) is 12.8 Å². The number of hydrogen-bond donors (Lipinski definition) is 1. The molecule has 0 heterocycles. The lowest BCUT2D eigenvalue weighted by Gasteiger charge is -2.41. The van der Waals surface area contributed by atoms with Gasteiger partial charge < -0.3 is 9.47 Å². The highest BCUT2D eigenvalue weighted by molar-refractivity contribution is 7.87. The Balaban J connectivity index is 6.34. The van der Waals surface area contributed by atoms with Gasteiger partial charge in [0.2, 0.25) is 0 Å². The van der Waals surface area contributed by atoms with Gasteiger partial charge in [-0.15, -0.1) is 0 Å². The van der Waals surface area contributed by atoms with Crippen molar-refractivity contribution in [2.24, 2.45) is 0 Å². The third kappa shape index (κ3) is 10.3. The minimum Gasteiger partial charge on any atom is -0.459 e. The first-order chi connectivity index (χ1) is 26.2. The summed E-state index contributed by atoms with van der Waals surface area (Å²) in [5.74, 6) is -97.2. The maximum Gasteiger partial charge on any atom is 0.384 e. The van der Waals surface area contributed by atoms with E-state index in [4.69, 9.17) is 4.55 Å². The van der Waals surface area contributed by atoms with Gasteiger partial charge in [-0.05, 0) is 12.8 Å². The zero-order chi connectivity index (χ0) is 48.4. The number of carbonyl (C=O) groups excluding carboxylic acids is 2. The molecule has 60 heavy (non-hydrogen) atoms. The van der Waals surface area contributed by atoms with Crippen molar-refractivity contribution in [3.8, 4) is 0 Å². The summed E-state index contributed by atoms with van der Waals surface area (Å²) in [4.78, 5) is 23.7. The molecular formula is C28H30F24O7S. The number of unbranched alkanes of at least 4 members (excludes halogenated alkanes) is 4. The van der Waals surface area contributed by atoms with Gasteiger partial charge in [-0.3, -0.25) is 14.1 Å². The largest absolute Gasteiger partial charge is 0.459 e. The van der Waals surface area contributed by atoms with Crippen LogP contribution in [0.25, 0.3) is 0 Å². The lowest BCUT2D eigenvalue weighted by atomic mass is 9.89. The normalized spacial score (nSPS) is 15.8. The molecule has 1 unspecified atom stereocenters. The van der Waals surface area contributed by atoms with Crippen LogP contribution in [0.2, 0.25) is 0 Å². The molecular weight excluding hydrogens is 936 g/mol. The van der Waals surface area contributed by atoms with Gasteiger partial charge in [0.15, 0.2) is 18.5 Å². The van der Waals surface area contributed by atoms with Gasteiger partial charge >= 0.3 is 83.0 Å². The van der Waals surface area contributed by atoms with Crippen molar-refractivity contribution < 1.29 is 137 Å². The van der Waals surface area contributed by atoms with Crippen LogP contribution >= 0.6 is 0 Å².